The van der Waals surface area contributed by atoms with E-state index in [2.05, 4.69) is 89.6 Å². The molecule has 1 aliphatic rings. The van der Waals surface area contributed by atoms with Crippen LogP contribution in [0.3, 0.4) is 0 Å². The van der Waals surface area contributed by atoms with Crippen LogP contribution in [0.5, 0.6) is 5.75 Å². The first-order valence-corrected chi connectivity index (χ1v) is 12.5. The maximum Gasteiger partial charge on any atom is 0.141 e. The number of rotatable bonds is 3. The molecule has 0 aliphatic carbocycles. The summed E-state index contributed by atoms with van der Waals surface area (Å²) in [6, 6.07) is 38.8. The quantitative estimate of drug-likeness (QED) is 0.270. The standard InChI is InChI=1S/C33H24N4O/c1-36-27-11-5-6-12-29(27)37(32-21-24(18-19-34-32)22-8-3-2-4-9-22)30-20-25(15-17-28(30)36)26-16-14-23-10-7-13-31(38)33(23)35-26/h2-21,38H,1H3. The van der Waals surface area contributed by atoms with Crippen molar-refractivity contribution >= 4 is 39.5 Å². The van der Waals surface area contributed by atoms with Gasteiger partial charge in [0, 0.05) is 24.2 Å². The molecule has 0 spiro atoms. The maximum absolute atomic E-state index is 10.4. The van der Waals surface area contributed by atoms with E-state index in [1.807, 2.05) is 42.6 Å². The second-order valence-corrected chi connectivity index (χ2v) is 9.40. The van der Waals surface area contributed by atoms with Crippen LogP contribution in [-0.4, -0.2) is 22.1 Å². The number of hydrogen-bond acceptors (Lipinski definition) is 5. The van der Waals surface area contributed by atoms with Crippen LogP contribution >= 0.6 is 0 Å². The number of aromatic nitrogens is 2. The summed E-state index contributed by atoms with van der Waals surface area (Å²) in [6.07, 6.45) is 1.87. The van der Waals surface area contributed by atoms with Crippen molar-refractivity contribution in [2.45, 2.75) is 0 Å². The van der Waals surface area contributed by atoms with E-state index in [4.69, 9.17) is 9.97 Å². The number of fused-ring (bicyclic) bond motifs is 3. The number of benzene rings is 4. The van der Waals surface area contributed by atoms with Gasteiger partial charge in [-0.05, 0) is 59.7 Å². The highest BCUT2D eigenvalue weighted by Crippen LogP contribution is 2.51. The Kier molecular flexibility index (Phi) is 5.08. The molecule has 3 heterocycles. The highest BCUT2D eigenvalue weighted by Gasteiger charge is 2.28. The Bertz CT molecular complexity index is 1820. The molecule has 0 saturated heterocycles. The van der Waals surface area contributed by atoms with Crippen molar-refractivity contribution in [2.24, 2.45) is 0 Å². The lowest BCUT2D eigenvalue weighted by molar-refractivity contribution is 0.480. The number of nitrogens with zero attached hydrogens (tertiary/aromatic N) is 4. The largest absolute Gasteiger partial charge is 0.506 e. The third-order valence-electron chi connectivity index (χ3n) is 7.14. The van der Waals surface area contributed by atoms with Crippen LogP contribution in [-0.2, 0) is 0 Å². The Labute approximate surface area is 220 Å². The monoisotopic (exact) mass is 492 g/mol. The fourth-order valence-electron chi connectivity index (χ4n) is 5.23. The lowest BCUT2D eigenvalue weighted by Crippen LogP contribution is -2.24. The Morgan fingerprint density at radius 3 is 2.26 bits per heavy atom. The minimum absolute atomic E-state index is 0.180. The van der Waals surface area contributed by atoms with Gasteiger partial charge in [0.15, 0.2) is 0 Å². The van der Waals surface area contributed by atoms with Crippen molar-refractivity contribution in [2.75, 3.05) is 16.8 Å². The minimum atomic E-state index is 0.180. The molecular weight excluding hydrogens is 468 g/mol. The van der Waals surface area contributed by atoms with Crippen molar-refractivity contribution in [1.29, 1.82) is 0 Å². The molecule has 0 atom stereocenters. The molecule has 0 bridgehead atoms. The molecule has 4 aromatic carbocycles. The average Bonchev–Trinajstić information content (AvgIpc) is 2.98. The van der Waals surface area contributed by atoms with Crippen LogP contribution < -0.4 is 9.80 Å². The molecule has 0 fully saturated rings. The van der Waals surface area contributed by atoms with Crippen LogP contribution in [0, 0.1) is 0 Å². The first-order valence-electron chi connectivity index (χ1n) is 12.5. The normalized spacial score (nSPS) is 12.3. The molecule has 182 valence electrons. The molecule has 1 N–H and O–H groups in total. The minimum Gasteiger partial charge on any atom is -0.506 e. The van der Waals surface area contributed by atoms with Gasteiger partial charge in [0.05, 0.1) is 28.4 Å². The van der Waals surface area contributed by atoms with Crippen LogP contribution in [0.2, 0.25) is 0 Å². The average molecular weight is 493 g/mol. The van der Waals surface area contributed by atoms with Gasteiger partial charge in [-0.1, -0.05) is 66.7 Å². The summed E-state index contributed by atoms with van der Waals surface area (Å²) in [5.74, 6) is 1.02. The van der Waals surface area contributed by atoms with Crippen molar-refractivity contribution in [3.05, 3.63) is 121 Å². The van der Waals surface area contributed by atoms with Gasteiger partial charge in [0.25, 0.3) is 0 Å². The zero-order chi connectivity index (χ0) is 25.6. The smallest absolute Gasteiger partial charge is 0.141 e. The number of hydrogen-bond donors (Lipinski definition) is 1. The maximum atomic E-state index is 10.4. The van der Waals surface area contributed by atoms with Gasteiger partial charge in [-0.15, -0.1) is 0 Å². The Balaban J connectivity index is 1.42. The first kappa shape index (κ1) is 22.1. The van der Waals surface area contributed by atoms with E-state index >= 15 is 0 Å². The summed E-state index contributed by atoms with van der Waals surface area (Å²) in [7, 11) is 2.09. The van der Waals surface area contributed by atoms with Crippen molar-refractivity contribution in [3.63, 3.8) is 0 Å². The predicted octanol–water partition coefficient (Wildman–Crippen LogP) is 8.22. The molecule has 6 aromatic rings. The predicted molar refractivity (Wildman–Crippen MR) is 155 cm³/mol. The topological polar surface area (TPSA) is 52.5 Å². The van der Waals surface area contributed by atoms with Crippen LogP contribution in [0.25, 0.3) is 33.3 Å². The van der Waals surface area contributed by atoms with E-state index in [-0.39, 0.29) is 5.75 Å². The summed E-state index contributed by atoms with van der Waals surface area (Å²) in [5.41, 5.74) is 8.86. The Morgan fingerprint density at radius 1 is 0.605 bits per heavy atom. The number of phenolic OH excluding ortho intramolecular Hbond substituents is 1. The zero-order valence-corrected chi connectivity index (χ0v) is 20.8. The van der Waals surface area contributed by atoms with Crippen molar-refractivity contribution < 1.29 is 5.11 Å². The molecule has 0 unspecified atom stereocenters. The van der Waals surface area contributed by atoms with E-state index in [0.717, 1.165) is 56.3 Å². The van der Waals surface area contributed by atoms with E-state index in [0.29, 0.717) is 5.52 Å². The summed E-state index contributed by atoms with van der Waals surface area (Å²) in [6.45, 7) is 0. The molecule has 2 aromatic heterocycles. The number of anilines is 5. The highest BCUT2D eigenvalue weighted by atomic mass is 16.3. The summed E-state index contributed by atoms with van der Waals surface area (Å²) >= 11 is 0. The molecular formula is C33H24N4O. The van der Waals surface area contributed by atoms with Crippen LogP contribution in [0.15, 0.2) is 121 Å². The molecule has 0 amide bonds. The SMILES string of the molecule is CN1c2ccccc2N(c2cc(-c3ccccc3)ccn2)c2cc(-c3ccc4cccc(O)c4n3)ccc21. The van der Waals surface area contributed by atoms with Gasteiger partial charge in [0.2, 0.25) is 0 Å². The number of pyridine rings is 2. The summed E-state index contributed by atoms with van der Waals surface area (Å²) in [5, 5.41) is 11.3. The molecule has 38 heavy (non-hydrogen) atoms. The second kappa shape index (κ2) is 8.75. The van der Waals surface area contributed by atoms with Crippen LogP contribution in [0.1, 0.15) is 0 Å². The zero-order valence-electron chi connectivity index (χ0n) is 20.8. The Hall–Kier alpha value is -5.16. The van der Waals surface area contributed by atoms with Gasteiger partial charge in [-0.2, -0.15) is 0 Å². The summed E-state index contributed by atoms with van der Waals surface area (Å²) in [4.78, 5) is 14.1. The van der Waals surface area contributed by atoms with Gasteiger partial charge in [0.1, 0.15) is 17.1 Å². The lowest BCUT2D eigenvalue weighted by atomic mass is 10.0. The third-order valence-corrected chi connectivity index (χ3v) is 7.14. The van der Waals surface area contributed by atoms with E-state index < -0.39 is 0 Å². The molecule has 5 nitrogen and oxygen atoms in total. The first-order chi connectivity index (χ1) is 18.7. The van der Waals surface area contributed by atoms with E-state index in [1.54, 1.807) is 6.07 Å². The van der Waals surface area contributed by atoms with Crippen molar-refractivity contribution in [1.82, 2.24) is 9.97 Å². The highest BCUT2D eigenvalue weighted by molar-refractivity contribution is 5.99. The molecule has 0 radical (unpaired) electrons. The molecule has 5 heteroatoms. The van der Waals surface area contributed by atoms with E-state index in [9.17, 15) is 5.11 Å². The fourth-order valence-corrected chi connectivity index (χ4v) is 5.23. The molecule has 1 aliphatic heterocycles. The van der Waals surface area contributed by atoms with Crippen LogP contribution in [0.4, 0.5) is 28.6 Å². The molecule has 7 rings (SSSR count). The van der Waals surface area contributed by atoms with Gasteiger partial charge >= 0.3 is 0 Å². The second-order valence-electron chi connectivity index (χ2n) is 9.40. The Morgan fingerprint density at radius 2 is 1.39 bits per heavy atom. The van der Waals surface area contributed by atoms with Gasteiger partial charge in [-0.25, -0.2) is 9.97 Å². The molecule has 0 saturated carbocycles. The number of aromatic hydroxyl groups is 1. The fraction of sp³-hybridized carbons (Fsp3) is 0.0303. The van der Waals surface area contributed by atoms with Gasteiger partial charge < -0.3 is 10.0 Å². The third kappa shape index (κ3) is 3.56. The lowest BCUT2D eigenvalue weighted by Gasteiger charge is -2.38. The van der Waals surface area contributed by atoms with E-state index in [1.165, 1.54) is 0 Å². The van der Waals surface area contributed by atoms with Gasteiger partial charge in [-0.3, -0.25) is 4.90 Å². The van der Waals surface area contributed by atoms with Crippen molar-refractivity contribution in [3.8, 4) is 28.1 Å². The summed E-state index contributed by atoms with van der Waals surface area (Å²) < 4.78 is 0. The number of para-hydroxylation sites is 3. The number of phenols is 1.